The summed E-state index contributed by atoms with van der Waals surface area (Å²) in [7, 11) is 0.664. The summed E-state index contributed by atoms with van der Waals surface area (Å²) >= 11 is 5.82. The van der Waals surface area contributed by atoms with Crippen LogP contribution in [0.15, 0.2) is 35.6 Å². The van der Waals surface area contributed by atoms with Crippen molar-refractivity contribution in [2.45, 2.75) is 18.7 Å². The summed E-state index contributed by atoms with van der Waals surface area (Å²) in [4.78, 5) is 18.4. The van der Waals surface area contributed by atoms with E-state index in [1.165, 1.54) is 11.0 Å². The summed E-state index contributed by atoms with van der Waals surface area (Å²) in [5.41, 5.74) is 3.04. The van der Waals surface area contributed by atoms with Crippen molar-refractivity contribution in [3.63, 3.8) is 0 Å². The molecule has 4 aromatic heterocycles. The predicted octanol–water partition coefficient (Wildman–Crippen LogP) is 2.70. The number of imidazole rings is 1. The zero-order chi connectivity index (χ0) is 19.1. The Hall–Kier alpha value is -2.65. The van der Waals surface area contributed by atoms with E-state index in [-0.39, 0.29) is 5.28 Å². The third-order valence-corrected chi connectivity index (χ3v) is 5.62. The van der Waals surface area contributed by atoms with Gasteiger partial charge in [-0.2, -0.15) is 0 Å². The molecule has 0 amide bonds. The Kier molecular flexibility index (Phi) is 4.48. The van der Waals surface area contributed by atoms with Gasteiger partial charge in [0, 0.05) is 19.0 Å². The molecular formula is C17H16ClN7OS. The highest BCUT2D eigenvalue weighted by Gasteiger charge is 2.20. The van der Waals surface area contributed by atoms with Gasteiger partial charge in [-0.25, -0.2) is 24.6 Å². The molecule has 0 bridgehead atoms. The largest absolute Gasteiger partial charge is 0.310 e. The van der Waals surface area contributed by atoms with Gasteiger partial charge in [-0.05, 0) is 42.3 Å². The lowest BCUT2D eigenvalue weighted by atomic mass is 10.3. The van der Waals surface area contributed by atoms with Gasteiger partial charge in [0.05, 0.1) is 15.7 Å². The molecule has 4 rings (SSSR count). The molecular weight excluding hydrogens is 386 g/mol. The molecule has 0 fully saturated rings. The minimum atomic E-state index is -1.20. The van der Waals surface area contributed by atoms with Gasteiger partial charge in [0.1, 0.15) is 17.5 Å². The molecule has 0 saturated carbocycles. The molecule has 0 radical (unpaired) electrons. The maximum Gasteiger partial charge on any atom is 0.242 e. The number of hydrogen-bond acceptors (Lipinski definition) is 6. The van der Waals surface area contributed by atoms with Crippen molar-refractivity contribution in [1.29, 1.82) is 0 Å². The molecule has 4 aromatic rings. The zero-order valence-corrected chi connectivity index (χ0v) is 16.5. The first-order valence-corrected chi connectivity index (χ1v) is 9.94. The van der Waals surface area contributed by atoms with Gasteiger partial charge in [-0.1, -0.05) is 6.92 Å². The molecule has 27 heavy (non-hydrogen) atoms. The summed E-state index contributed by atoms with van der Waals surface area (Å²) in [5, 5.41) is 4.21. The Morgan fingerprint density at radius 3 is 2.74 bits per heavy atom. The summed E-state index contributed by atoms with van der Waals surface area (Å²) in [5.74, 6) is 1.58. The van der Waals surface area contributed by atoms with Crippen LogP contribution in [0.4, 0.5) is 0 Å². The summed E-state index contributed by atoms with van der Waals surface area (Å²) in [6.07, 6.45) is 3.27. The molecule has 1 atom stereocenters. The zero-order valence-electron chi connectivity index (χ0n) is 14.9. The highest BCUT2D eigenvalue weighted by atomic mass is 35.5. The van der Waals surface area contributed by atoms with Crippen molar-refractivity contribution in [2.24, 2.45) is 7.05 Å². The van der Waals surface area contributed by atoms with Crippen molar-refractivity contribution < 1.29 is 4.21 Å². The van der Waals surface area contributed by atoms with E-state index < -0.39 is 10.8 Å². The lowest BCUT2D eigenvalue weighted by Crippen LogP contribution is -2.07. The maximum atomic E-state index is 12.6. The topological polar surface area (TPSA) is 91.4 Å². The molecule has 0 aliphatic rings. The Morgan fingerprint density at radius 2 is 2.04 bits per heavy atom. The molecule has 0 saturated heterocycles. The number of fused-ring (bicyclic) bond motifs is 1. The molecule has 0 aliphatic carbocycles. The highest BCUT2D eigenvalue weighted by molar-refractivity contribution is 7.85. The first-order valence-electron chi connectivity index (χ1n) is 8.24. The number of pyridine rings is 2. The second-order valence-electron chi connectivity index (χ2n) is 5.96. The van der Waals surface area contributed by atoms with Crippen molar-refractivity contribution in [1.82, 2.24) is 34.3 Å². The van der Waals surface area contributed by atoms with Gasteiger partial charge < -0.3 is 4.57 Å². The van der Waals surface area contributed by atoms with Crippen LogP contribution in [0.3, 0.4) is 0 Å². The van der Waals surface area contributed by atoms with Crippen LogP contribution in [0, 0.1) is 6.92 Å². The van der Waals surface area contributed by atoms with Gasteiger partial charge >= 0.3 is 0 Å². The van der Waals surface area contributed by atoms with E-state index in [2.05, 4.69) is 20.1 Å². The summed E-state index contributed by atoms with van der Waals surface area (Å²) < 4.78 is 15.9. The fourth-order valence-corrected chi connectivity index (χ4v) is 3.81. The molecule has 0 N–H and O–H groups in total. The number of halogens is 1. The number of nitrogens with zero attached hydrogens (tertiary/aromatic N) is 7. The van der Waals surface area contributed by atoms with Crippen LogP contribution in [-0.4, -0.2) is 44.2 Å². The van der Waals surface area contributed by atoms with E-state index >= 15 is 0 Å². The van der Waals surface area contributed by atoms with Gasteiger partial charge in [0.2, 0.25) is 5.28 Å². The second-order valence-corrected chi connectivity index (χ2v) is 8.00. The lowest BCUT2D eigenvalue weighted by molar-refractivity contribution is 0.683. The van der Waals surface area contributed by atoms with Gasteiger partial charge in [-0.3, -0.25) is 4.21 Å². The van der Waals surface area contributed by atoms with E-state index in [0.717, 1.165) is 16.7 Å². The van der Waals surface area contributed by atoms with Crippen LogP contribution >= 0.6 is 11.6 Å². The van der Waals surface area contributed by atoms with Crippen molar-refractivity contribution >= 4 is 33.6 Å². The normalized spacial score (nSPS) is 12.6. The number of rotatable bonds is 4. The Labute approximate surface area is 162 Å². The number of aryl methyl sites for hydroxylation is 2. The van der Waals surface area contributed by atoms with Crippen LogP contribution in [0.25, 0.3) is 28.5 Å². The lowest BCUT2D eigenvalue weighted by Gasteiger charge is -2.10. The molecule has 4 heterocycles. The summed E-state index contributed by atoms with van der Waals surface area (Å²) in [6.45, 7) is 3.83. The average molecular weight is 402 g/mol. The van der Waals surface area contributed by atoms with E-state index in [0.29, 0.717) is 28.0 Å². The molecule has 138 valence electrons. The predicted molar refractivity (Wildman–Crippen MR) is 103 cm³/mol. The SMILES string of the molecule is CCS(=O)c1ccc(-n2cnc(Cl)n2)nc1-c1nc2cc(C)cnc2n1C. The highest BCUT2D eigenvalue weighted by Crippen LogP contribution is 2.28. The number of aromatic nitrogens is 7. The van der Waals surface area contributed by atoms with Crippen LogP contribution in [0.5, 0.6) is 0 Å². The second kappa shape index (κ2) is 6.82. The van der Waals surface area contributed by atoms with Crippen molar-refractivity contribution in [3.05, 3.63) is 41.6 Å². The summed E-state index contributed by atoms with van der Waals surface area (Å²) in [6, 6.07) is 5.48. The van der Waals surface area contributed by atoms with Crippen LogP contribution in [0.2, 0.25) is 5.28 Å². The standard InChI is InChI=1S/C17H16ClN7OS/c1-4-27(26)12-5-6-13(25-9-20-17(18)23-25)22-14(12)16-21-11-7-10(2)8-19-15(11)24(16)3/h5-9H,4H2,1-3H3. The van der Waals surface area contributed by atoms with E-state index in [1.807, 2.05) is 31.5 Å². The van der Waals surface area contributed by atoms with Crippen molar-refractivity contribution in [2.75, 3.05) is 5.75 Å². The fourth-order valence-electron chi connectivity index (χ4n) is 2.80. The third kappa shape index (κ3) is 3.13. The van der Waals surface area contributed by atoms with Crippen LogP contribution < -0.4 is 0 Å². The van der Waals surface area contributed by atoms with Crippen LogP contribution in [-0.2, 0) is 17.8 Å². The minimum absolute atomic E-state index is 0.127. The Morgan fingerprint density at radius 1 is 1.22 bits per heavy atom. The smallest absolute Gasteiger partial charge is 0.242 e. The van der Waals surface area contributed by atoms with E-state index in [9.17, 15) is 4.21 Å². The molecule has 0 spiro atoms. The minimum Gasteiger partial charge on any atom is -0.310 e. The molecule has 8 nitrogen and oxygen atoms in total. The Bertz CT molecular complexity index is 1180. The molecule has 1 unspecified atom stereocenters. The Balaban J connectivity index is 1.97. The molecule has 0 aromatic carbocycles. The first-order chi connectivity index (χ1) is 13.0. The number of hydrogen-bond donors (Lipinski definition) is 0. The monoisotopic (exact) mass is 401 g/mol. The third-order valence-electron chi connectivity index (χ3n) is 4.11. The molecule has 0 aliphatic heterocycles. The first kappa shape index (κ1) is 17.7. The maximum absolute atomic E-state index is 12.6. The van der Waals surface area contributed by atoms with Gasteiger partial charge in [-0.15, -0.1) is 5.10 Å². The van der Waals surface area contributed by atoms with Crippen molar-refractivity contribution in [3.8, 4) is 17.3 Å². The van der Waals surface area contributed by atoms with E-state index in [4.69, 9.17) is 16.6 Å². The van der Waals surface area contributed by atoms with Gasteiger partial charge in [0.25, 0.3) is 0 Å². The van der Waals surface area contributed by atoms with E-state index in [1.54, 1.807) is 18.3 Å². The molecule has 10 heteroatoms. The quantitative estimate of drug-likeness (QED) is 0.522. The fraction of sp³-hybridized carbons (Fsp3) is 0.235. The van der Waals surface area contributed by atoms with Crippen LogP contribution in [0.1, 0.15) is 12.5 Å². The van der Waals surface area contributed by atoms with Gasteiger partial charge in [0.15, 0.2) is 17.3 Å². The average Bonchev–Trinajstić information content (AvgIpc) is 3.24.